The largest absolute Gasteiger partial charge is 0.469 e. The predicted molar refractivity (Wildman–Crippen MR) is 85.5 cm³/mol. The number of imidazole rings is 1. The highest BCUT2D eigenvalue weighted by Crippen LogP contribution is 2.24. The zero-order valence-corrected chi connectivity index (χ0v) is 14.0. The van der Waals surface area contributed by atoms with Gasteiger partial charge in [-0.3, -0.25) is 4.79 Å². The van der Waals surface area contributed by atoms with Gasteiger partial charge in [0, 0.05) is 18.4 Å². The second-order valence-electron chi connectivity index (χ2n) is 5.67. The van der Waals surface area contributed by atoms with Gasteiger partial charge in [-0.05, 0) is 5.56 Å². The Kier molecular flexibility index (Phi) is 6.19. The summed E-state index contributed by atoms with van der Waals surface area (Å²) in [5.74, 6) is -0.672. The van der Waals surface area contributed by atoms with E-state index in [1.165, 1.54) is 19.5 Å². The normalized spacial score (nSPS) is 14.1. The second-order valence-corrected chi connectivity index (χ2v) is 5.67. The Hall–Kier alpha value is -2.35. The molecule has 0 radical (unpaired) electrons. The number of methoxy groups -OCH3 is 1. The van der Waals surface area contributed by atoms with Crippen LogP contribution in [0.5, 0.6) is 0 Å². The molecule has 0 aliphatic rings. The minimum atomic E-state index is -4.33. The van der Waals surface area contributed by atoms with E-state index in [1.807, 2.05) is 30.3 Å². The minimum Gasteiger partial charge on any atom is -0.469 e. The number of nitrogens with one attached hydrogen (secondary N) is 1. The average Bonchev–Trinajstić information content (AvgIpc) is 3.00. The van der Waals surface area contributed by atoms with Crippen LogP contribution < -0.4 is 5.32 Å². The molecule has 1 heterocycles. The van der Waals surface area contributed by atoms with Crippen molar-refractivity contribution in [2.75, 3.05) is 7.11 Å². The summed E-state index contributed by atoms with van der Waals surface area (Å²) < 4.78 is 43.7. The molecule has 0 fully saturated rings. The Morgan fingerprint density at radius 3 is 2.60 bits per heavy atom. The van der Waals surface area contributed by atoms with E-state index < -0.39 is 30.7 Å². The first kappa shape index (κ1) is 19.0. The Balaban J connectivity index is 2.16. The minimum absolute atomic E-state index is 0.0873. The van der Waals surface area contributed by atoms with Crippen molar-refractivity contribution in [1.29, 1.82) is 0 Å². The Morgan fingerprint density at radius 2 is 2.00 bits per heavy atom. The molecule has 0 aliphatic heterocycles. The van der Waals surface area contributed by atoms with Gasteiger partial charge in [0.05, 0.1) is 19.6 Å². The number of alkyl halides is 3. The molecule has 136 valence electrons. The molecule has 8 heteroatoms. The van der Waals surface area contributed by atoms with E-state index in [2.05, 4.69) is 10.3 Å². The van der Waals surface area contributed by atoms with E-state index in [4.69, 9.17) is 4.74 Å². The number of nitrogens with zero attached hydrogens (tertiary/aromatic N) is 2. The molecule has 1 aromatic heterocycles. The third kappa shape index (κ3) is 5.32. The number of esters is 1. The summed E-state index contributed by atoms with van der Waals surface area (Å²) in [5.41, 5.74) is 0.842. The third-order valence-electron chi connectivity index (χ3n) is 3.86. The molecule has 1 N–H and O–H groups in total. The quantitative estimate of drug-likeness (QED) is 0.776. The molecular formula is C17H20F3N3O2. The van der Waals surface area contributed by atoms with E-state index >= 15 is 0 Å². The van der Waals surface area contributed by atoms with Crippen LogP contribution in [0.15, 0.2) is 42.7 Å². The monoisotopic (exact) mass is 355 g/mol. The average molecular weight is 355 g/mol. The molecule has 1 aromatic carbocycles. The molecule has 0 unspecified atom stereocenters. The first-order valence-electron chi connectivity index (χ1n) is 7.74. The van der Waals surface area contributed by atoms with Crippen LogP contribution in [-0.2, 0) is 22.6 Å². The molecule has 25 heavy (non-hydrogen) atoms. The summed E-state index contributed by atoms with van der Waals surface area (Å²) in [6.07, 6.45) is -1.72. The van der Waals surface area contributed by atoms with Gasteiger partial charge in [0.15, 0.2) is 0 Å². The number of ether oxygens (including phenoxy) is 1. The zero-order chi connectivity index (χ0) is 18.4. The number of carbonyl (C=O) groups is 1. The summed E-state index contributed by atoms with van der Waals surface area (Å²) >= 11 is 0. The number of hydrogen-bond donors (Lipinski definition) is 1. The predicted octanol–water partition coefficient (Wildman–Crippen LogP) is 3.09. The van der Waals surface area contributed by atoms with E-state index in [9.17, 15) is 18.0 Å². The van der Waals surface area contributed by atoms with Crippen LogP contribution in [0, 0.1) is 5.92 Å². The highest BCUT2D eigenvalue weighted by molar-refractivity contribution is 5.73. The van der Waals surface area contributed by atoms with E-state index in [-0.39, 0.29) is 12.4 Å². The van der Waals surface area contributed by atoms with Gasteiger partial charge in [-0.15, -0.1) is 0 Å². The molecule has 2 atom stereocenters. The van der Waals surface area contributed by atoms with Crippen molar-refractivity contribution < 1.29 is 22.7 Å². The van der Waals surface area contributed by atoms with Crippen molar-refractivity contribution in [3.05, 3.63) is 54.1 Å². The van der Waals surface area contributed by atoms with Crippen molar-refractivity contribution >= 4 is 5.97 Å². The first-order valence-corrected chi connectivity index (χ1v) is 7.74. The van der Waals surface area contributed by atoms with Gasteiger partial charge in [0.2, 0.25) is 0 Å². The Labute approximate surface area is 143 Å². The lowest BCUT2D eigenvalue weighted by Crippen LogP contribution is -2.33. The molecule has 2 rings (SSSR count). The van der Waals surface area contributed by atoms with Crippen LogP contribution >= 0.6 is 0 Å². The van der Waals surface area contributed by atoms with Crippen molar-refractivity contribution in [3.63, 3.8) is 0 Å². The van der Waals surface area contributed by atoms with Crippen LogP contribution in [0.4, 0.5) is 13.2 Å². The van der Waals surface area contributed by atoms with Crippen LogP contribution in [0.1, 0.15) is 24.4 Å². The first-order chi connectivity index (χ1) is 11.8. The SMILES string of the molecule is COC(=O)[C@@H](C)[C@H](NCc1nccn1CC(F)(F)F)c1ccccc1. The summed E-state index contributed by atoms with van der Waals surface area (Å²) in [4.78, 5) is 15.9. The fourth-order valence-corrected chi connectivity index (χ4v) is 2.61. The Morgan fingerprint density at radius 1 is 1.32 bits per heavy atom. The number of hydrogen-bond acceptors (Lipinski definition) is 4. The number of aromatic nitrogens is 2. The molecule has 2 aromatic rings. The number of halogens is 3. The lowest BCUT2D eigenvalue weighted by molar-refractivity contribution is -0.146. The van der Waals surface area contributed by atoms with E-state index in [1.54, 1.807) is 6.92 Å². The summed E-state index contributed by atoms with van der Waals surface area (Å²) in [5, 5.41) is 3.13. The van der Waals surface area contributed by atoms with Crippen molar-refractivity contribution in [3.8, 4) is 0 Å². The third-order valence-corrected chi connectivity index (χ3v) is 3.86. The standard InChI is InChI=1S/C17H20F3N3O2/c1-12(16(24)25-2)15(13-6-4-3-5-7-13)22-10-14-21-8-9-23(14)11-17(18,19)20/h3-9,12,15,22H,10-11H2,1-2H3/t12-,15-/m0/s1. The smallest absolute Gasteiger partial charge is 0.406 e. The summed E-state index contributed by atoms with van der Waals surface area (Å²) in [6, 6.07) is 8.79. The van der Waals surface area contributed by atoms with Crippen LogP contribution in [0.2, 0.25) is 0 Å². The van der Waals surface area contributed by atoms with Gasteiger partial charge in [-0.2, -0.15) is 13.2 Å². The van der Waals surface area contributed by atoms with Crippen molar-refractivity contribution in [1.82, 2.24) is 14.9 Å². The second kappa shape index (κ2) is 8.15. The van der Waals surface area contributed by atoms with Gasteiger partial charge >= 0.3 is 12.1 Å². The highest BCUT2D eigenvalue weighted by Gasteiger charge is 2.30. The number of rotatable bonds is 7. The number of carbonyl (C=O) groups excluding carboxylic acids is 1. The molecular weight excluding hydrogens is 335 g/mol. The van der Waals surface area contributed by atoms with Gasteiger partial charge in [0.25, 0.3) is 0 Å². The lowest BCUT2D eigenvalue weighted by atomic mass is 9.94. The molecule has 0 saturated heterocycles. The fraction of sp³-hybridized carbons (Fsp3) is 0.412. The van der Waals surface area contributed by atoms with Gasteiger partial charge in [0.1, 0.15) is 12.4 Å². The topological polar surface area (TPSA) is 56.1 Å². The summed E-state index contributed by atoms with van der Waals surface area (Å²) in [6.45, 7) is 0.690. The zero-order valence-electron chi connectivity index (χ0n) is 14.0. The van der Waals surface area contributed by atoms with E-state index in [0.717, 1.165) is 10.1 Å². The van der Waals surface area contributed by atoms with E-state index in [0.29, 0.717) is 0 Å². The maximum Gasteiger partial charge on any atom is 0.406 e. The van der Waals surface area contributed by atoms with Crippen LogP contribution in [0.25, 0.3) is 0 Å². The highest BCUT2D eigenvalue weighted by atomic mass is 19.4. The van der Waals surface area contributed by atoms with Crippen LogP contribution in [0.3, 0.4) is 0 Å². The van der Waals surface area contributed by atoms with Crippen LogP contribution in [-0.4, -0.2) is 28.8 Å². The Bertz CT molecular complexity index is 686. The van der Waals surface area contributed by atoms with Crippen molar-refractivity contribution in [2.24, 2.45) is 5.92 Å². The molecule has 0 amide bonds. The van der Waals surface area contributed by atoms with Gasteiger partial charge < -0.3 is 14.6 Å². The van der Waals surface area contributed by atoms with Gasteiger partial charge in [-0.1, -0.05) is 37.3 Å². The molecule has 5 nitrogen and oxygen atoms in total. The fourth-order valence-electron chi connectivity index (χ4n) is 2.61. The summed E-state index contributed by atoms with van der Waals surface area (Å²) in [7, 11) is 1.30. The van der Waals surface area contributed by atoms with Crippen molar-refractivity contribution in [2.45, 2.75) is 32.2 Å². The number of benzene rings is 1. The molecule has 0 bridgehead atoms. The lowest BCUT2D eigenvalue weighted by Gasteiger charge is -2.24. The molecule has 0 aliphatic carbocycles. The maximum atomic E-state index is 12.6. The molecule has 0 saturated carbocycles. The molecule has 0 spiro atoms. The maximum absolute atomic E-state index is 12.6. The van der Waals surface area contributed by atoms with Gasteiger partial charge in [-0.25, -0.2) is 4.98 Å².